The van der Waals surface area contributed by atoms with E-state index in [1.165, 1.54) is 0 Å². The first-order valence-electron chi connectivity index (χ1n) is 6.43. The molecule has 1 aromatic rings. The van der Waals surface area contributed by atoms with Crippen LogP contribution >= 0.6 is 15.9 Å². The molecular weight excluding hydrogens is 310 g/mol. The van der Waals surface area contributed by atoms with E-state index in [2.05, 4.69) is 35.1 Å². The lowest BCUT2D eigenvalue weighted by Gasteiger charge is -2.14. The molecule has 3 N–H and O–H groups in total. The second-order valence-corrected chi connectivity index (χ2v) is 5.85. The number of phenols is 1. The Bertz CT molecular complexity index is 385. The summed E-state index contributed by atoms with van der Waals surface area (Å²) in [7, 11) is 0. The molecule has 5 heteroatoms. The number of aliphatic hydroxyl groups is 1. The maximum atomic E-state index is 9.72. The number of ether oxygens (including phenoxy) is 1. The Balaban J connectivity index is 2.24. The number of hydrogen-bond donors (Lipinski definition) is 3. The molecule has 0 amide bonds. The molecule has 0 heterocycles. The van der Waals surface area contributed by atoms with Crippen molar-refractivity contribution in [1.29, 1.82) is 0 Å². The summed E-state index contributed by atoms with van der Waals surface area (Å²) < 4.78 is 6.30. The van der Waals surface area contributed by atoms with Crippen LogP contribution in [0.4, 0.5) is 0 Å². The first-order chi connectivity index (χ1) is 8.99. The second kappa shape index (κ2) is 8.53. The molecular formula is C14H22BrNO3. The highest BCUT2D eigenvalue weighted by Crippen LogP contribution is 2.21. The van der Waals surface area contributed by atoms with Gasteiger partial charge in [0.25, 0.3) is 0 Å². The summed E-state index contributed by atoms with van der Waals surface area (Å²) in [5, 5.41) is 22.2. The first kappa shape index (κ1) is 16.4. The molecule has 1 rings (SSSR count). The van der Waals surface area contributed by atoms with Gasteiger partial charge in [-0.25, -0.2) is 0 Å². The number of aliphatic hydroxyl groups excluding tert-OH is 1. The predicted octanol–water partition coefficient (Wildman–Crippen LogP) is 2.28. The Morgan fingerprint density at radius 3 is 2.74 bits per heavy atom. The number of phenolic OH excluding ortho intramolecular Hbond substituents is 1. The number of aromatic hydroxyl groups is 1. The van der Waals surface area contributed by atoms with Crippen molar-refractivity contribution in [2.45, 2.75) is 26.5 Å². The van der Waals surface area contributed by atoms with E-state index < -0.39 is 6.10 Å². The summed E-state index contributed by atoms with van der Waals surface area (Å²) in [5.41, 5.74) is 0.954. The van der Waals surface area contributed by atoms with Gasteiger partial charge in [-0.1, -0.05) is 29.8 Å². The van der Waals surface area contributed by atoms with Gasteiger partial charge in [-0.3, -0.25) is 0 Å². The second-order valence-electron chi connectivity index (χ2n) is 4.99. The van der Waals surface area contributed by atoms with Gasteiger partial charge in [0, 0.05) is 24.2 Å². The fourth-order valence-corrected chi connectivity index (χ4v) is 1.96. The van der Waals surface area contributed by atoms with Crippen LogP contribution in [-0.2, 0) is 11.3 Å². The quantitative estimate of drug-likeness (QED) is 0.683. The highest BCUT2D eigenvalue weighted by atomic mass is 79.9. The molecule has 1 atom stereocenters. The lowest BCUT2D eigenvalue weighted by Crippen LogP contribution is -2.30. The van der Waals surface area contributed by atoms with Gasteiger partial charge >= 0.3 is 0 Å². The topological polar surface area (TPSA) is 61.7 Å². The molecule has 0 aliphatic rings. The molecule has 0 radical (unpaired) electrons. The van der Waals surface area contributed by atoms with E-state index in [0.29, 0.717) is 32.2 Å². The minimum atomic E-state index is -0.519. The molecule has 0 aliphatic heterocycles. The van der Waals surface area contributed by atoms with Crippen molar-refractivity contribution in [2.75, 3.05) is 19.8 Å². The molecule has 0 aliphatic carbocycles. The highest BCUT2D eigenvalue weighted by Gasteiger charge is 2.06. The van der Waals surface area contributed by atoms with Gasteiger partial charge in [0.15, 0.2) is 0 Å². The lowest BCUT2D eigenvalue weighted by molar-refractivity contribution is 0.0260. The third-order valence-corrected chi connectivity index (χ3v) is 3.26. The molecule has 19 heavy (non-hydrogen) atoms. The standard InChI is InChI=1S/C14H22BrNO3/c1-10(2)8-19-9-13(18)7-16-6-11-5-12(17)3-4-14(11)15/h3-5,10,13,16-18H,6-9H2,1-2H3. The van der Waals surface area contributed by atoms with Gasteiger partial charge in [-0.05, 0) is 29.7 Å². The van der Waals surface area contributed by atoms with Crippen LogP contribution in [0.3, 0.4) is 0 Å². The zero-order valence-corrected chi connectivity index (χ0v) is 13.0. The Morgan fingerprint density at radius 2 is 2.05 bits per heavy atom. The van der Waals surface area contributed by atoms with Crippen LogP contribution in [0.5, 0.6) is 5.75 Å². The van der Waals surface area contributed by atoms with Crippen LogP contribution in [0.1, 0.15) is 19.4 Å². The lowest BCUT2D eigenvalue weighted by atomic mass is 10.2. The van der Waals surface area contributed by atoms with Crippen molar-refractivity contribution in [1.82, 2.24) is 5.32 Å². The summed E-state index contributed by atoms with van der Waals surface area (Å²) in [6.45, 7) is 6.19. The average molecular weight is 332 g/mol. The van der Waals surface area contributed by atoms with E-state index in [1.807, 2.05) is 0 Å². The summed E-state index contributed by atoms with van der Waals surface area (Å²) >= 11 is 3.42. The summed E-state index contributed by atoms with van der Waals surface area (Å²) in [4.78, 5) is 0. The van der Waals surface area contributed by atoms with E-state index in [1.54, 1.807) is 18.2 Å². The normalized spacial score (nSPS) is 12.9. The van der Waals surface area contributed by atoms with Crippen LogP contribution in [0, 0.1) is 5.92 Å². The number of hydrogen-bond acceptors (Lipinski definition) is 4. The van der Waals surface area contributed by atoms with Gasteiger partial charge < -0.3 is 20.3 Å². The molecule has 0 aromatic heterocycles. The number of halogens is 1. The van der Waals surface area contributed by atoms with Gasteiger partial charge in [0.05, 0.1) is 12.7 Å². The van der Waals surface area contributed by atoms with Crippen LogP contribution in [0.15, 0.2) is 22.7 Å². The molecule has 1 aromatic carbocycles. The van der Waals surface area contributed by atoms with E-state index in [0.717, 1.165) is 10.0 Å². The van der Waals surface area contributed by atoms with Gasteiger partial charge in [-0.2, -0.15) is 0 Å². The third-order valence-electron chi connectivity index (χ3n) is 2.49. The molecule has 0 spiro atoms. The maximum absolute atomic E-state index is 9.72. The first-order valence-corrected chi connectivity index (χ1v) is 7.22. The third kappa shape index (κ3) is 6.92. The fourth-order valence-electron chi connectivity index (χ4n) is 1.57. The van der Waals surface area contributed by atoms with Gasteiger partial charge in [-0.15, -0.1) is 0 Å². The van der Waals surface area contributed by atoms with Crippen molar-refractivity contribution in [3.63, 3.8) is 0 Å². The molecule has 0 fully saturated rings. The zero-order valence-electron chi connectivity index (χ0n) is 11.4. The van der Waals surface area contributed by atoms with Crippen molar-refractivity contribution in [3.05, 3.63) is 28.2 Å². The highest BCUT2D eigenvalue weighted by molar-refractivity contribution is 9.10. The van der Waals surface area contributed by atoms with E-state index in [9.17, 15) is 10.2 Å². The minimum absolute atomic E-state index is 0.237. The Morgan fingerprint density at radius 1 is 1.32 bits per heavy atom. The smallest absolute Gasteiger partial charge is 0.115 e. The van der Waals surface area contributed by atoms with Crippen LogP contribution in [0.25, 0.3) is 0 Å². The van der Waals surface area contributed by atoms with Crippen LogP contribution in [-0.4, -0.2) is 36.1 Å². The van der Waals surface area contributed by atoms with Crippen LogP contribution < -0.4 is 5.32 Å². The zero-order chi connectivity index (χ0) is 14.3. The summed E-state index contributed by atoms with van der Waals surface area (Å²) in [5.74, 6) is 0.712. The number of benzene rings is 1. The number of rotatable bonds is 8. The van der Waals surface area contributed by atoms with Crippen molar-refractivity contribution >= 4 is 15.9 Å². The Kier molecular flexibility index (Phi) is 7.38. The molecule has 4 nitrogen and oxygen atoms in total. The fraction of sp³-hybridized carbons (Fsp3) is 0.571. The maximum Gasteiger partial charge on any atom is 0.115 e. The van der Waals surface area contributed by atoms with E-state index in [4.69, 9.17) is 4.74 Å². The van der Waals surface area contributed by atoms with E-state index >= 15 is 0 Å². The monoisotopic (exact) mass is 331 g/mol. The van der Waals surface area contributed by atoms with Crippen molar-refractivity contribution in [2.24, 2.45) is 5.92 Å². The summed E-state index contributed by atoms with van der Waals surface area (Å²) in [6, 6.07) is 5.12. The van der Waals surface area contributed by atoms with E-state index in [-0.39, 0.29) is 5.75 Å². The van der Waals surface area contributed by atoms with Crippen molar-refractivity contribution < 1.29 is 14.9 Å². The van der Waals surface area contributed by atoms with Gasteiger partial charge in [0.2, 0.25) is 0 Å². The number of nitrogens with one attached hydrogen (secondary N) is 1. The van der Waals surface area contributed by atoms with Crippen LogP contribution in [0.2, 0.25) is 0 Å². The Hall–Kier alpha value is -0.620. The molecule has 108 valence electrons. The SMILES string of the molecule is CC(C)COCC(O)CNCc1cc(O)ccc1Br. The molecule has 0 bridgehead atoms. The molecule has 0 saturated heterocycles. The van der Waals surface area contributed by atoms with Crippen molar-refractivity contribution in [3.8, 4) is 5.75 Å². The Labute approximate surface area is 122 Å². The average Bonchev–Trinajstić information content (AvgIpc) is 2.33. The largest absolute Gasteiger partial charge is 0.508 e. The molecule has 0 saturated carbocycles. The minimum Gasteiger partial charge on any atom is -0.508 e. The predicted molar refractivity (Wildman–Crippen MR) is 79.2 cm³/mol. The summed E-state index contributed by atoms with van der Waals surface area (Å²) in [6.07, 6.45) is -0.519. The van der Waals surface area contributed by atoms with Gasteiger partial charge in [0.1, 0.15) is 5.75 Å². The molecule has 1 unspecified atom stereocenters.